The first-order valence-corrected chi connectivity index (χ1v) is 7.51. The van der Waals surface area contributed by atoms with Crippen molar-refractivity contribution in [2.45, 2.75) is 25.3 Å². The van der Waals surface area contributed by atoms with Gasteiger partial charge in [-0.2, -0.15) is 0 Å². The summed E-state index contributed by atoms with van der Waals surface area (Å²) in [5.74, 6) is -0.389. The van der Waals surface area contributed by atoms with Gasteiger partial charge in [0.15, 0.2) is 0 Å². The summed E-state index contributed by atoms with van der Waals surface area (Å²) in [7, 11) is 1.97. The van der Waals surface area contributed by atoms with Gasteiger partial charge in [0.25, 0.3) is 0 Å². The van der Waals surface area contributed by atoms with Gasteiger partial charge in [-0.05, 0) is 44.5 Å². The molecular formula is C14H14ClFN2S. The van der Waals surface area contributed by atoms with Gasteiger partial charge in [0, 0.05) is 10.4 Å². The highest BCUT2D eigenvalue weighted by molar-refractivity contribution is 7.15. The first-order valence-electron chi connectivity index (χ1n) is 6.31. The fourth-order valence-corrected chi connectivity index (χ4v) is 3.79. The number of benzene rings is 1. The highest BCUT2D eigenvalue weighted by atomic mass is 35.5. The number of thiazole rings is 1. The third-order valence-corrected chi connectivity index (χ3v) is 4.94. The molecule has 1 aliphatic rings. The van der Waals surface area contributed by atoms with E-state index in [9.17, 15) is 4.39 Å². The van der Waals surface area contributed by atoms with Gasteiger partial charge >= 0.3 is 0 Å². The normalized spacial score (nSPS) is 18.4. The van der Waals surface area contributed by atoms with Crippen LogP contribution in [0.1, 0.15) is 29.5 Å². The summed E-state index contributed by atoms with van der Waals surface area (Å²) in [6.07, 6.45) is 3.39. The predicted octanol–water partition coefficient (Wildman–Crippen LogP) is 4.20. The van der Waals surface area contributed by atoms with Crippen molar-refractivity contribution in [3.05, 3.63) is 39.6 Å². The zero-order valence-electron chi connectivity index (χ0n) is 10.5. The van der Waals surface area contributed by atoms with E-state index in [1.165, 1.54) is 17.4 Å². The summed E-state index contributed by atoms with van der Waals surface area (Å²) in [4.78, 5) is 6.05. The van der Waals surface area contributed by atoms with Crippen LogP contribution in [0.4, 0.5) is 4.39 Å². The molecule has 0 spiro atoms. The summed E-state index contributed by atoms with van der Waals surface area (Å²) in [5, 5.41) is 4.38. The molecule has 2 aromatic rings. The molecule has 5 heteroatoms. The molecule has 0 saturated heterocycles. The van der Waals surface area contributed by atoms with E-state index in [1.54, 1.807) is 23.5 Å². The molecule has 0 fully saturated rings. The van der Waals surface area contributed by atoms with Crippen LogP contribution in [0.25, 0.3) is 10.6 Å². The van der Waals surface area contributed by atoms with Crippen molar-refractivity contribution >= 4 is 22.9 Å². The zero-order valence-corrected chi connectivity index (χ0v) is 12.1. The number of nitrogens with zero attached hydrogens (tertiary/aromatic N) is 1. The van der Waals surface area contributed by atoms with Gasteiger partial charge < -0.3 is 5.32 Å². The summed E-state index contributed by atoms with van der Waals surface area (Å²) in [6, 6.07) is 5.12. The topological polar surface area (TPSA) is 24.9 Å². The Hall–Kier alpha value is -0.970. The Kier molecular flexibility index (Phi) is 3.56. The summed E-state index contributed by atoms with van der Waals surface area (Å²) < 4.78 is 13.2. The minimum absolute atomic E-state index is 0.149. The van der Waals surface area contributed by atoms with Crippen LogP contribution in [0, 0.1) is 5.82 Å². The molecule has 1 atom stereocenters. The maximum atomic E-state index is 13.2. The lowest BCUT2D eigenvalue weighted by Gasteiger charge is -2.19. The monoisotopic (exact) mass is 296 g/mol. The lowest BCUT2D eigenvalue weighted by molar-refractivity contribution is 0.490. The molecule has 3 rings (SSSR count). The fourth-order valence-electron chi connectivity index (χ4n) is 2.45. The van der Waals surface area contributed by atoms with Crippen molar-refractivity contribution in [1.82, 2.24) is 10.3 Å². The van der Waals surface area contributed by atoms with E-state index in [1.807, 2.05) is 7.05 Å². The number of hydrogen-bond acceptors (Lipinski definition) is 3. The third-order valence-electron chi connectivity index (χ3n) is 3.47. The first kappa shape index (κ1) is 13.0. The van der Waals surface area contributed by atoms with Crippen LogP contribution >= 0.6 is 22.9 Å². The van der Waals surface area contributed by atoms with Crippen LogP contribution in [0.3, 0.4) is 0 Å². The number of halogens is 2. The molecule has 1 aromatic carbocycles. The number of hydrogen-bond donors (Lipinski definition) is 1. The van der Waals surface area contributed by atoms with E-state index in [0.717, 1.165) is 29.1 Å². The zero-order chi connectivity index (χ0) is 13.4. The van der Waals surface area contributed by atoms with Crippen LogP contribution < -0.4 is 5.32 Å². The second-order valence-corrected chi connectivity index (χ2v) is 6.18. The van der Waals surface area contributed by atoms with Crippen LogP contribution in [0.5, 0.6) is 0 Å². The van der Waals surface area contributed by atoms with Gasteiger partial charge in [-0.1, -0.05) is 11.6 Å². The third kappa shape index (κ3) is 2.40. The molecule has 0 aliphatic heterocycles. The van der Waals surface area contributed by atoms with Crippen LogP contribution in [-0.2, 0) is 6.42 Å². The Morgan fingerprint density at radius 3 is 3.05 bits per heavy atom. The van der Waals surface area contributed by atoms with E-state index in [0.29, 0.717) is 6.04 Å². The number of fused-ring (bicyclic) bond motifs is 1. The molecule has 1 heterocycles. The van der Waals surface area contributed by atoms with E-state index in [2.05, 4.69) is 5.32 Å². The summed E-state index contributed by atoms with van der Waals surface area (Å²) in [6.45, 7) is 0. The van der Waals surface area contributed by atoms with Gasteiger partial charge in [0.2, 0.25) is 0 Å². The molecule has 0 amide bonds. The molecular weight excluding hydrogens is 283 g/mol. The molecule has 1 aliphatic carbocycles. The quantitative estimate of drug-likeness (QED) is 0.898. The lowest BCUT2D eigenvalue weighted by atomic mass is 9.98. The van der Waals surface area contributed by atoms with Gasteiger partial charge in [-0.3, -0.25) is 0 Å². The summed E-state index contributed by atoms with van der Waals surface area (Å²) in [5.41, 5.74) is 2.04. The van der Waals surface area contributed by atoms with Crippen molar-refractivity contribution in [3.8, 4) is 10.6 Å². The first-order chi connectivity index (χ1) is 9.19. The Bertz CT molecular complexity index is 611. The van der Waals surface area contributed by atoms with Gasteiger partial charge in [0.05, 0.1) is 16.8 Å². The standard InChI is InChI=1S/C14H14ClFN2S/c1-17-11-3-2-4-12-13(11)18-14(19-12)8-5-6-10(16)9(15)7-8/h5-7,11,17H,2-4H2,1H3. The second kappa shape index (κ2) is 5.19. The highest BCUT2D eigenvalue weighted by Crippen LogP contribution is 2.37. The number of aromatic nitrogens is 1. The number of rotatable bonds is 2. The molecule has 0 saturated carbocycles. The minimum atomic E-state index is -0.389. The Labute approximate surface area is 120 Å². The number of aryl methyl sites for hydroxylation is 1. The molecule has 1 unspecified atom stereocenters. The summed E-state index contributed by atoms with van der Waals surface area (Å²) >= 11 is 7.53. The molecule has 19 heavy (non-hydrogen) atoms. The molecule has 1 aromatic heterocycles. The number of nitrogens with one attached hydrogen (secondary N) is 1. The molecule has 0 bridgehead atoms. The smallest absolute Gasteiger partial charge is 0.141 e. The van der Waals surface area contributed by atoms with E-state index >= 15 is 0 Å². The van der Waals surface area contributed by atoms with Crippen molar-refractivity contribution in [2.75, 3.05) is 7.05 Å². The lowest BCUT2D eigenvalue weighted by Crippen LogP contribution is -2.21. The molecule has 100 valence electrons. The average Bonchev–Trinajstić information content (AvgIpc) is 2.85. The van der Waals surface area contributed by atoms with E-state index < -0.39 is 0 Å². The largest absolute Gasteiger partial charge is 0.312 e. The Balaban J connectivity index is 2.02. The van der Waals surface area contributed by atoms with Crippen LogP contribution in [0.2, 0.25) is 5.02 Å². The van der Waals surface area contributed by atoms with Gasteiger partial charge in [-0.15, -0.1) is 11.3 Å². The van der Waals surface area contributed by atoms with Crippen LogP contribution in [0.15, 0.2) is 18.2 Å². The maximum absolute atomic E-state index is 13.2. The Morgan fingerprint density at radius 1 is 1.47 bits per heavy atom. The van der Waals surface area contributed by atoms with Crippen molar-refractivity contribution in [2.24, 2.45) is 0 Å². The minimum Gasteiger partial charge on any atom is -0.312 e. The Morgan fingerprint density at radius 2 is 2.32 bits per heavy atom. The fraction of sp³-hybridized carbons (Fsp3) is 0.357. The SMILES string of the molecule is CNC1CCCc2sc(-c3ccc(F)c(Cl)c3)nc21. The average molecular weight is 297 g/mol. The second-order valence-electron chi connectivity index (χ2n) is 4.69. The van der Waals surface area contributed by atoms with Crippen molar-refractivity contribution < 1.29 is 4.39 Å². The molecule has 1 N–H and O–H groups in total. The maximum Gasteiger partial charge on any atom is 0.141 e. The van der Waals surface area contributed by atoms with Crippen LogP contribution in [-0.4, -0.2) is 12.0 Å². The van der Waals surface area contributed by atoms with Crippen molar-refractivity contribution in [1.29, 1.82) is 0 Å². The van der Waals surface area contributed by atoms with Gasteiger partial charge in [-0.25, -0.2) is 9.37 Å². The van der Waals surface area contributed by atoms with Crippen molar-refractivity contribution in [3.63, 3.8) is 0 Å². The van der Waals surface area contributed by atoms with Gasteiger partial charge in [0.1, 0.15) is 10.8 Å². The highest BCUT2D eigenvalue weighted by Gasteiger charge is 2.23. The predicted molar refractivity (Wildman–Crippen MR) is 77.3 cm³/mol. The van der Waals surface area contributed by atoms with E-state index in [-0.39, 0.29) is 10.8 Å². The molecule has 2 nitrogen and oxygen atoms in total. The van der Waals surface area contributed by atoms with E-state index in [4.69, 9.17) is 16.6 Å². The molecule has 0 radical (unpaired) electrons.